The third-order valence-corrected chi connectivity index (χ3v) is 6.71. The predicted molar refractivity (Wildman–Crippen MR) is 123 cm³/mol. The number of amides is 1. The number of rotatable bonds is 4. The minimum atomic E-state index is -0.785. The second-order valence-corrected chi connectivity index (χ2v) is 9.09. The Bertz CT molecular complexity index is 1450. The molecule has 1 atom stereocenters. The lowest BCUT2D eigenvalue weighted by atomic mass is 9.98. The monoisotopic (exact) mass is 487 g/mol. The molecule has 1 amide bonds. The first kappa shape index (κ1) is 20.9. The average Bonchev–Trinajstić information content (AvgIpc) is 3.31. The van der Waals surface area contributed by atoms with Gasteiger partial charge in [-0.1, -0.05) is 40.6 Å². The van der Waals surface area contributed by atoms with Crippen molar-refractivity contribution in [3.63, 3.8) is 0 Å². The molecule has 0 aliphatic carbocycles. The maximum absolute atomic E-state index is 13.6. The van der Waals surface area contributed by atoms with Gasteiger partial charge in [-0.3, -0.25) is 14.5 Å². The van der Waals surface area contributed by atoms with Crippen molar-refractivity contribution in [1.29, 1.82) is 0 Å². The van der Waals surface area contributed by atoms with Gasteiger partial charge >= 0.3 is 0 Å². The highest BCUT2D eigenvalue weighted by molar-refractivity contribution is 7.15. The van der Waals surface area contributed by atoms with Crippen LogP contribution in [0.5, 0.6) is 5.75 Å². The van der Waals surface area contributed by atoms with E-state index in [1.807, 2.05) is 6.92 Å². The number of anilines is 1. The molecule has 2 aromatic carbocycles. The molecule has 7 nitrogen and oxygen atoms in total. The van der Waals surface area contributed by atoms with E-state index in [1.165, 1.54) is 16.2 Å². The molecule has 0 N–H and O–H groups in total. The zero-order valence-electron chi connectivity index (χ0n) is 16.9. The topological polar surface area (TPSA) is 85.5 Å². The second-order valence-electron chi connectivity index (χ2n) is 7.12. The van der Waals surface area contributed by atoms with Gasteiger partial charge in [-0.2, -0.15) is 0 Å². The van der Waals surface area contributed by atoms with Crippen LogP contribution in [0.25, 0.3) is 11.0 Å². The Morgan fingerprint density at radius 3 is 2.62 bits per heavy atom. The van der Waals surface area contributed by atoms with E-state index in [2.05, 4.69) is 10.2 Å². The lowest BCUT2D eigenvalue weighted by Gasteiger charge is -2.22. The smallest absolute Gasteiger partial charge is 0.297 e. The third-order valence-electron chi connectivity index (χ3n) is 5.14. The summed E-state index contributed by atoms with van der Waals surface area (Å²) < 4.78 is 11.5. The van der Waals surface area contributed by atoms with Gasteiger partial charge in [0, 0.05) is 6.07 Å². The van der Waals surface area contributed by atoms with Crippen molar-refractivity contribution in [2.75, 3.05) is 11.5 Å². The fourth-order valence-electron chi connectivity index (χ4n) is 3.79. The summed E-state index contributed by atoms with van der Waals surface area (Å²) >= 11 is 13.6. The highest BCUT2D eigenvalue weighted by Gasteiger charge is 2.45. The fraction of sp³-hybridized carbons (Fsp3) is 0.182. The van der Waals surface area contributed by atoms with Crippen LogP contribution in [0.15, 0.2) is 45.6 Å². The zero-order valence-corrected chi connectivity index (χ0v) is 19.2. The summed E-state index contributed by atoms with van der Waals surface area (Å²) in [5.74, 6) is 0.0271. The van der Waals surface area contributed by atoms with Crippen molar-refractivity contribution < 1.29 is 13.9 Å². The molecule has 2 aromatic heterocycles. The van der Waals surface area contributed by atoms with Crippen molar-refractivity contribution in [3.8, 4) is 5.75 Å². The van der Waals surface area contributed by atoms with Crippen molar-refractivity contribution in [2.45, 2.75) is 19.9 Å². The number of aromatic nitrogens is 2. The lowest BCUT2D eigenvalue weighted by molar-refractivity contribution is 0.0970. The minimum Gasteiger partial charge on any atom is -0.494 e. The molecule has 162 valence electrons. The van der Waals surface area contributed by atoms with Gasteiger partial charge in [-0.25, -0.2) is 0 Å². The minimum absolute atomic E-state index is 0.0416. The van der Waals surface area contributed by atoms with Gasteiger partial charge in [0.05, 0.1) is 33.6 Å². The van der Waals surface area contributed by atoms with Crippen LogP contribution < -0.4 is 15.1 Å². The van der Waals surface area contributed by atoms with Gasteiger partial charge in [0.25, 0.3) is 5.91 Å². The highest BCUT2D eigenvalue weighted by atomic mass is 35.5. The van der Waals surface area contributed by atoms with E-state index in [0.717, 1.165) is 0 Å². The maximum atomic E-state index is 13.6. The van der Waals surface area contributed by atoms with E-state index >= 15 is 0 Å². The number of carbonyl (C=O) groups excluding carboxylic acids is 1. The first-order valence-corrected chi connectivity index (χ1v) is 11.3. The zero-order chi connectivity index (χ0) is 22.6. The van der Waals surface area contributed by atoms with Crippen molar-refractivity contribution in [2.24, 2.45) is 0 Å². The Kier molecular flexibility index (Phi) is 5.16. The molecule has 10 heteroatoms. The number of benzene rings is 2. The number of halogens is 2. The van der Waals surface area contributed by atoms with Gasteiger partial charge in [0.1, 0.15) is 16.3 Å². The maximum Gasteiger partial charge on any atom is 0.297 e. The molecule has 1 aliphatic rings. The van der Waals surface area contributed by atoms with Crippen LogP contribution in [0.1, 0.15) is 39.7 Å². The molecule has 0 fully saturated rings. The molecule has 32 heavy (non-hydrogen) atoms. The van der Waals surface area contributed by atoms with Gasteiger partial charge < -0.3 is 9.15 Å². The summed E-state index contributed by atoms with van der Waals surface area (Å²) in [5, 5.41) is 10.2. The molecule has 0 radical (unpaired) electrons. The number of aryl methyl sites for hydroxylation is 1. The first-order chi connectivity index (χ1) is 15.4. The lowest BCUT2D eigenvalue weighted by Crippen LogP contribution is -2.29. The summed E-state index contributed by atoms with van der Waals surface area (Å²) in [6.45, 7) is 4.11. The number of ether oxygens (including phenoxy) is 1. The largest absolute Gasteiger partial charge is 0.494 e. The molecule has 1 aliphatic heterocycles. The second kappa shape index (κ2) is 7.88. The normalized spacial score (nSPS) is 15.4. The predicted octanol–water partition coefficient (Wildman–Crippen LogP) is 5.41. The molecule has 3 heterocycles. The number of nitrogens with zero attached hydrogens (tertiary/aromatic N) is 3. The fourth-order valence-corrected chi connectivity index (χ4v) is 4.81. The average molecular weight is 488 g/mol. The summed E-state index contributed by atoms with van der Waals surface area (Å²) in [5.41, 5.74) is 0.795. The molecule has 0 spiro atoms. The van der Waals surface area contributed by atoms with Crippen molar-refractivity contribution in [3.05, 3.63) is 78.6 Å². The molecular weight excluding hydrogens is 473 g/mol. The van der Waals surface area contributed by atoms with E-state index in [-0.39, 0.29) is 22.3 Å². The Labute approximate surface area is 196 Å². The highest BCUT2D eigenvalue weighted by Crippen LogP contribution is 2.43. The molecule has 1 unspecified atom stereocenters. The van der Waals surface area contributed by atoms with Crippen LogP contribution in [-0.2, 0) is 0 Å². The Balaban J connectivity index is 1.78. The van der Waals surface area contributed by atoms with Crippen LogP contribution in [0.4, 0.5) is 5.13 Å². The molecular formula is C22H15Cl2N3O4S. The first-order valence-electron chi connectivity index (χ1n) is 9.71. The number of hydrogen-bond acceptors (Lipinski definition) is 7. The SMILES string of the molecule is CCOc1ccc2c(=O)c3c(oc2c1)C(=O)N(c1nnc(C)s1)C3c1ccc(Cl)c(Cl)c1. The van der Waals surface area contributed by atoms with Crippen LogP contribution in [0.2, 0.25) is 10.0 Å². The Morgan fingerprint density at radius 2 is 1.94 bits per heavy atom. The van der Waals surface area contributed by atoms with Gasteiger partial charge in [-0.15, -0.1) is 10.2 Å². The summed E-state index contributed by atoms with van der Waals surface area (Å²) in [6.07, 6.45) is 0. The molecule has 0 bridgehead atoms. The van der Waals surface area contributed by atoms with Crippen molar-refractivity contribution >= 4 is 56.5 Å². The van der Waals surface area contributed by atoms with Crippen molar-refractivity contribution in [1.82, 2.24) is 10.2 Å². The molecule has 5 rings (SSSR count). The van der Waals surface area contributed by atoms with Gasteiger partial charge in [0.2, 0.25) is 10.9 Å². The number of carbonyl (C=O) groups is 1. The summed E-state index contributed by atoms with van der Waals surface area (Å²) in [4.78, 5) is 28.5. The van der Waals surface area contributed by atoms with E-state index < -0.39 is 11.9 Å². The molecule has 0 saturated carbocycles. The number of hydrogen-bond donors (Lipinski definition) is 0. The van der Waals surface area contributed by atoms with Gasteiger partial charge in [-0.05, 0) is 43.7 Å². The molecule has 4 aromatic rings. The third kappa shape index (κ3) is 3.26. The Morgan fingerprint density at radius 1 is 1.12 bits per heavy atom. The summed E-state index contributed by atoms with van der Waals surface area (Å²) in [7, 11) is 0. The standard InChI is InChI=1S/C22H15Cl2N3O4S/c1-3-30-12-5-6-13-16(9-12)31-20-17(19(13)28)18(11-4-7-14(23)15(24)8-11)27(21(20)29)22-26-25-10(2)32-22/h4-9,18H,3H2,1-2H3. The van der Waals surface area contributed by atoms with Crippen LogP contribution >= 0.6 is 34.5 Å². The summed E-state index contributed by atoms with van der Waals surface area (Å²) in [6, 6.07) is 9.16. The van der Waals surface area contributed by atoms with Crippen LogP contribution in [-0.4, -0.2) is 22.7 Å². The van der Waals surface area contributed by atoms with E-state index in [9.17, 15) is 9.59 Å². The molecule has 0 saturated heterocycles. The van der Waals surface area contributed by atoms with E-state index in [4.69, 9.17) is 32.4 Å². The Hall–Kier alpha value is -2.94. The van der Waals surface area contributed by atoms with Gasteiger partial charge in [0.15, 0.2) is 5.43 Å². The number of fused-ring (bicyclic) bond motifs is 2. The quantitative estimate of drug-likeness (QED) is 0.382. The van der Waals surface area contributed by atoms with E-state index in [1.54, 1.807) is 43.3 Å². The van der Waals surface area contributed by atoms with Crippen LogP contribution in [0, 0.1) is 6.92 Å². The van der Waals surface area contributed by atoms with E-state index in [0.29, 0.717) is 43.5 Å². The van der Waals surface area contributed by atoms with Crippen LogP contribution in [0.3, 0.4) is 0 Å².